The smallest absolute Gasteiger partial charge is 0.158 e. The number of benzene rings is 1. The molecule has 0 aliphatic heterocycles. The Balaban J connectivity index is 1.95. The molecule has 0 unspecified atom stereocenters. The number of ketones is 1. The van der Waals surface area contributed by atoms with E-state index in [9.17, 15) is 4.79 Å². The number of hydrogen-bond acceptors (Lipinski definition) is 1. The highest BCUT2D eigenvalue weighted by Gasteiger charge is 2.07. The lowest BCUT2D eigenvalue weighted by Crippen LogP contribution is -2.01. The van der Waals surface area contributed by atoms with Gasteiger partial charge in [-0.05, 0) is 36.5 Å². The Morgan fingerprint density at radius 3 is 2.89 bits per heavy atom. The monoisotopic (exact) mass is 241 g/mol. The van der Waals surface area contributed by atoms with Gasteiger partial charge in [0.1, 0.15) is 0 Å². The summed E-state index contributed by atoms with van der Waals surface area (Å²) in [6.07, 6.45) is 5.23. The maximum atomic E-state index is 11.7. The zero-order valence-electron chi connectivity index (χ0n) is 10.8. The van der Waals surface area contributed by atoms with Gasteiger partial charge in [0.2, 0.25) is 0 Å². The van der Waals surface area contributed by atoms with Crippen LogP contribution in [0.15, 0.2) is 42.6 Å². The lowest BCUT2D eigenvalue weighted by molar-refractivity contribution is -0.115. The Hall–Kier alpha value is -1.83. The van der Waals surface area contributed by atoms with Crippen LogP contribution >= 0.6 is 0 Å². The van der Waals surface area contributed by atoms with Crippen molar-refractivity contribution in [3.05, 3.63) is 48.2 Å². The molecular weight excluding hydrogens is 222 g/mol. The number of nitrogens with one attached hydrogen (secondary N) is 1. The van der Waals surface area contributed by atoms with Crippen molar-refractivity contribution in [1.29, 1.82) is 0 Å². The Morgan fingerprint density at radius 2 is 2.11 bits per heavy atom. The summed E-state index contributed by atoms with van der Waals surface area (Å²) in [5.41, 5.74) is 3.20. The Bertz CT molecular complexity index is 565. The minimum Gasteiger partial charge on any atom is -0.361 e. The highest BCUT2D eigenvalue weighted by molar-refractivity contribution is 5.94. The average Bonchev–Trinajstić information content (AvgIpc) is 2.81. The first kappa shape index (κ1) is 12.6. The molecule has 0 saturated heterocycles. The Morgan fingerprint density at radius 1 is 1.33 bits per heavy atom. The quantitative estimate of drug-likeness (QED) is 0.761. The number of aromatic amines is 1. The first-order valence-electron chi connectivity index (χ1n) is 6.48. The zero-order valence-corrected chi connectivity index (χ0v) is 10.8. The molecule has 94 valence electrons. The topological polar surface area (TPSA) is 32.9 Å². The fourth-order valence-corrected chi connectivity index (χ4v) is 2.15. The van der Waals surface area contributed by atoms with Crippen LogP contribution in [0.2, 0.25) is 0 Å². The first-order chi connectivity index (χ1) is 8.72. The molecule has 1 heterocycles. The van der Waals surface area contributed by atoms with E-state index in [1.54, 1.807) is 0 Å². The zero-order chi connectivity index (χ0) is 13.0. The van der Waals surface area contributed by atoms with Gasteiger partial charge < -0.3 is 4.98 Å². The molecule has 0 bridgehead atoms. The van der Waals surface area contributed by atoms with Crippen LogP contribution in [0.4, 0.5) is 0 Å². The molecule has 2 heteroatoms. The van der Waals surface area contributed by atoms with Crippen LogP contribution in [0.1, 0.15) is 31.7 Å². The van der Waals surface area contributed by atoms with E-state index >= 15 is 0 Å². The molecule has 1 aromatic heterocycles. The lowest BCUT2D eigenvalue weighted by Gasteiger charge is -2.02. The first-order valence-corrected chi connectivity index (χ1v) is 6.48. The number of carbonyl (C=O) groups is 1. The van der Waals surface area contributed by atoms with Crippen LogP contribution in [-0.2, 0) is 11.2 Å². The van der Waals surface area contributed by atoms with Crippen LogP contribution in [0, 0.1) is 0 Å². The Labute approximate surface area is 108 Å². The van der Waals surface area contributed by atoms with Gasteiger partial charge in [0.15, 0.2) is 5.78 Å². The number of H-pyrrole nitrogens is 1. The van der Waals surface area contributed by atoms with E-state index in [1.807, 2.05) is 25.3 Å². The maximum Gasteiger partial charge on any atom is 0.158 e. The van der Waals surface area contributed by atoms with Crippen molar-refractivity contribution in [1.82, 2.24) is 4.98 Å². The van der Waals surface area contributed by atoms with Gasteiger partial charge in [0.25, 0.3) is 0 Å². The molecule has 0 amide bonds. The maximum absolute atomic E-state index is 11.7. The fraction of sp³-hybridized carbons (Fsp3) is 0.312. The van der Waals surface area contributed by atoms with Crippen molar-refractivity contribution in [3.8, 4) is 0 Å². The van der Waals surface area contributed by atoms with Crippen LogP contribution in [0.3, 0.4) is 0 Å². The van der Waals surface area contributed by atoms with Gasteiger partial charge >= 0.3 is 0 Å². The van der Waals surface area contributed by atoms with E-state index in [2.05, 4.69) is 23.7 Å². The predicted octanol–water partition coefficient (Wildman–Crippen LogP) is 4.03. The normalized spacial score (nSPS) is 10.7. The molecule has 1 aromatic carbocycles. The van der Waals surface area contributed by atoms with Crippen LogP contribution in [-0.4, -0.2) is 10.8 Å². The molecule has 0 atom stereocenters. The molecule has 2 nitrogen and oxygen atoms in total. The minimum absolute atomic E-state index is 0.206. The van der Waals surface area contributed by atoms with Crippen molar-refractivity contribution in [2.45, 2.75) is 32.6 Å². The lowest BCUT2D eigenvalue weighted by atomic mass is 10.0. The summed E-state index contributed by atoms with van der Waals surface area (Å²) in [4.78, 5) is 14.9. The average molecular weight is 241 g/mol. The summed E-state index contributed by atoms with van der Waals surface area (Å²) in [5.74, 6) is 0.206. The standard InChI is InChI=1S/C16H19NO/c1-3-12(2)16(18)10-6-7-13-11-17-15-9-5-4-8-14(13)15/h4-5,8-9,11,17H,2-3,6-7,10H2,1H3. The van der Waals surface area contributed by atoms with E-state index in [0.29, 0.717) is 6.42 Å². The number of rotatable bonds is 6. The number of para-hydroxylation sites is 1. The molecule has 0 aliphatic rings. The van der Waals surface area contributed by atoms with Crippen LogP contribution in [0.25, 0.3) is 10.9 Å². The SMILES string of the molecule is C=C(CC)C(=O)CCCc1c[nH]c2ccccc12. The molecule has 0 saturated carbocycles. The van der Waals surface area contributed by atoms with Gasteiger partial charge in [-0.25, -0.2) is 0 Å². The van der Waals surface area contributed by atoms with Gasteiger partial charge in [-0.15, -0.1) is 0 Å². The van der Waals surface area contributed by atoms with E-state index in [1.165, 1.54) is 10.9 Å². The molecule has 18 heavy (non-hydrogen) atoms. The van der Waals surface area contributed by atoms with Gasteiger partial charge in [-0.1, -0.05) is 31.7 Å². The van der Waals surface area contributed by atoms with Gasteiger partial charge in [-0.3, -0.25) is 4.79 Å². The van der Waals surface area contributed by atoms with Gasteiger partial charge in [-0.2, -0.15) is 0 Å². The molecule has 1 N–H and O–H groups in total. The highest BCUT2D eigenvalue weighted by Crippen LogP contribution is 2.19. The molecule has 0 fully saturated rings. The summed E-state index contributed by atoms with van der Waals surface area (Å²) >= 11 is 0. The van der Waals surface area contributed by atoms with Crippen LogP contribution < -0.4 is 0 Å². The summed E-state index contributed by atoms with van der Waals surface area (Å²) < 4.78 is 0. The third-order valence-electron chi connectivity index (χ3n) is 3.35. The summed E-state index contributed by atoms with van der Waals surface area (Å²) in [6.45, 7) is 5.76. The third-order valence-corrected chi connectivity index (χ3v) is 3.35. The fourth-order valence-electron chi connectivity index (χ4n) is 2.15. The van der Waals surface area contributed by atoms with E-state index < -0.39 is 0 Å². The number of aryl methyl sites for hydroxylation is 1. The summed E-state index contributed by atoms with van der Waals surface area (Å²) in [5, 5.41) is 1.26. The van der Waals surface area contributed by atoms with E-state index in [0.717, 1.165) is 30.4 Å². The predicted molar refractivity (Wildman–Crippen MR) is 75.7 cm³/mol. The highest BCUT2D eigenvalue weighted by atomic mass is 16.1. The van der Waals surface area contributed by atoms with Crippen molar-refractivity contribution in [2.75, 3.05) is 0 Å². The number of allylic oxidation sites excluding steroid dienone is 1. The molecular formula is C16H19NO. The number of fused-ring (bicyclic) bond motifs is 1. The summed E-state index contributed by atoms with van der Waals surface area (Å²) in [6, 6.07) is 8.26. The molecule has 2 aromatic rings. The van der Waals surface area contributed by atoms with Gasteiger partial charge in [0, 0.05) is 23.5 Å². The minimum atomic E-state index is 0.206. The third kappa shape index (κ3) is 2.70. The van der Waals surface area contributed by atoms with Crippen molar-refractivity contribution in [2.24, 2.45) is 0 Å². The number of Topliss-reactive ketones (excluding diaryl/α,β-unsaturated/α-hetero) is 1. The van der Waals surface area contributed by atoms with Crippen molar-refractivity contribution in [3.63, 3.8) is 0 Å². The van der Waals surface area contributed by atoms with Crippen LogP contribution in [0.5, 0.6) is 0 Å². The summed E-state index contributed by atoms with van der Waals surface area (Å²) in [7, 11) is 0. The second kappa shape index (κ2) is 5.67. The molecule has 0 aliphatic carbocycles. The number of hydrogen-bond donors (Lipinski definition) is 1. The van der Waals surface area contributed by atoms with E-state index in [4.69, 9.17) is 0 Å². The number of aromatic nitrogens is 1. The molecule has 0 spiro atoms. The number of carbonyl (C=O) groups excluding carboxylic acids is 1. The van der Waals surface area contributed by atoms with Crippen molar-refractivity contribution >= 4 is 16.7 Å². The van der Waals surface area contributed by atoms with Gasteiger partial charge in [0.05, 0.1) is 0 Å². The van der Waals surface area contributed by atoms with E-state index in [-0.39, 0.29) is 5.78 Å². The molecule has 0 radical (unpaired) electrons. The largest absolute Gasteiger partial charge is 0.361 e. The second-order valence-electron chi connectivity index (χ2n) is 4.59. The second-order valence-corrected chi connectivity index (χ2v) is 4.59. The molecule has 2 rings (SSSR count). The Kier molecular flexibility index (Phi) is 3.98. The van der Waals surface area contributed by atoms with Crippen molar-refractivity contribution < 1.29 is 4.79 Å².